The Morgan fingerprint density at radius 3 is 2.57 bits per heavy atom. The van der Waals surface area contributed by atoms with E-state index in [1.807, 2.05) is 30.3 Å². The lowest BCUT2D eigenvalue weighted by atomic mass is 10.0. The van der Waals surface area contributed by atoms with Gasteiger partial charge in [-0.1, -0.05) is 35.4 Å². The number of benzene rings is 1. The zero-order chi connectivity index (χ0) is 10.4. The van der Waals surface area contributed by atoms with Crippen LogP contribution in [0.15, 0.2) is 35.4 Å². The van der Waals surface area contributed by atoms with Crippen LogP contribution in [0, 0.1) is 0 Å². The maximum Gasteiger partial charge on any atom is 0.0671 e. The Bertz CT molecular complexity index is 317. The molecule has 0 fully saturated rings. The van der Waals surface area contributed by atoms with Crippen LogP contribution >= 0.6 is 0 Å². The summed E-state index contributed by atoms with van der Waals surface area (Å²) in [7, 11) is 0. The predicted octanol–water partition coefficient (Wildman–Crippen LogP) is 2.29. The Kier molecular flexibility index (Phi) is 3.98. The average molecular weight is 191 g/mol. The molecule has 1 aromatic carbocycles. The number of nitrogens with zero attached hydrogens (tertiary/aromatic N) is 3. The normalized spacial score (nSPS) is 14.1. The van der Waals surface area contributed by atoms with Gasteiger partial charge in [0.05, 0.1) is 12.1 Å². The van der Waals surface area contributed by atoms with E-state index in [2.05, 4.69) is 10.0 Å². The molecule has 4 heteroatoms. The predicted molar refractivity (Wildman–Crippen MR) is 54.8 cm³/mol. The highest BCUT2D eigenvalue weighted by Crippen LogP contribution is 2.09. The summed E-state index contributed by atoms with van der Waals surface area (Å²) in [6.07, 6.45) is -0.0474. The van der Waals surface area contributed by atoms with Crippen LogP contribution in [0.3, 0.4) is 0 Å². The molecule has 0 aliphatic heterocycles. The molecular weight excluding hydrogens is 178 g/mol. The minimum atomic E-state index is -0.619. The highest BCUT2D eigenvalue weighted by Gasteiger charge is 2.12. The lowest BCUT2D eigenvalue weighted by molar-refractivity contribution is 0.163. The Balaban J connectivity index is 2.70. The van der Waals surface area contributed by atoms with Gasteiger partial charge in [-0.15, -0.1) is 0 Å². The summed E-state index contributed by atoms with van der Waals surface area (Å²) in [4.78, 5) is 2.72. The number of aliphatic hydroxyl groups excluding tert-OH is 1. The number of hydrogen-bond acceptors (Lipinski definition) is 2. The SMILES string of the molecule is C[C@H](O)[C@H](Cc1ccccc1)N=[N+]=[N-]. The Morgan fingerprint density at radius 1 is 1.43 bits per heavy atom. The fraction of sp³-hybridized carbons (Fsp3) is 0.400. The molecule has 0 spiro atoms. The van der Waals surface area contributed by atoms with Gasteiger partial charge in [0.2, 0.25) is 0 Å². The lowest BCUT2D eigenvalue weighted by Crippen LogP contribution is -2.22. The summed E-state index contributed by atoms with van der Waals surface area (Å²) in [6, 6.07) is 9.27. The summed E-state index contributed by atoms with van der Waals surface area (Å²) >= 11 is 0. The largest absolute Gasteiger partial charge is 0.393 e. The third kappa shape index (κ3) is 3.09. The fourth-order valence-electron chi connectivity index (χ4n) is 1.23. The first-order chi connectivity index (χ1) is 6.74. The Labute approximate surface area is 82.8 Å². The molecule has 0 saturated carbocycles. The average Bonchev–Trinajstić information content (AvgIpc) is 2.18. The highest BCUT2D eigenvalue weighted by molar-refractivity contribution is 5.16. The first-order valence-electron chi connectivity index (χ1n) is 4.50. The van der Waals surface area contributed by atoms with Crippen LogP contribution in [0.25, 0.3) is 10.4 Å². The van der Waals surface area contributed by atoms with E-state index in [1.165, 1.54) is 0 Å². The van der Waals surface area contributed by atoms with Crippen LogP contribution in [0.5, 0.6) is 0 Å². The zero-order valence-electron chi connectivity index (χ0n) is 8.04. The molecule has 0 heterocycles. The molecule has 0 amide bonds. The lowest BCUT2D eigenvalue weighted by Gasteiger charge is -2.13. The first kappa shape index (κ1) is 10.6. The smallest absolute Gasteiger partial charge is 0.0671 e. The first-order valence-corrected chi connectivity index (χ1v) is 4.50. The van der Waals surface area contributed by atoms with Crippen molar-refractivity contribution in [2.45, 2.75) is 25.5 Å². The van der Waals surface area contributed by atoms with E-state index in [4.69, 9.17) is 5.53 Å². The van der Waals surface area contributed by atoms with Crippen LogP contribution in [0.2, 0.25) is 0 Å². The van der Waals surface area contributed by atoms with Gasteiger partial charge in [0.25, 0.3) is 0 Å². The molecule has 74 valence electrons. The second-order valence-corrected chi connectivity index (χ2v) is 3.20. The van der Waals surface area contributed by atoms with E-state index >= 15 is 0 Å². The summed E-state index contributed by atoms with van der Waals surface area (Å²) < 4.78 is 0. The van der Waals surface area contributed by atoms with Crippen molar-refractivity contribution < 1.29 is 5.11 Å². The summed E-state index contributed by atoms with van der Waals surface area (Å²) in [6.45, 7) is 1.63. The van der Waals surface area contributed by atoms with Gasteiger partial charge >= 0.3 is 0 Å². The molecule has 4 nitrogen and oxygen atoms in total. The third-order valence-electron chi connectivity index (χ3n) is 2.04. The molecular formula is C10H13N3O. The summed E-state index contributed by atoms with van der Waals surface area (Å²) in [5.74, 6) is 0. The van der Waals surface area contributed by atoms with Crippen molar-refractivity contribution in [3.05, 3.63) is 46.3 Å². The van der Waals surface area contributed by atoms with Gasteiger partial charge < -0.3 is 5.11 Å². The molecule has 1 N–H and O–H groups in total. The number of azide groups is 1. The van der Waals surface area contributed by atoms with Gasteiger partial charge in [-0.05, 0) is 24.4 Å². The number of aliphatic hydroxyl groups is 1. The van der Waals surface area contributed by atoms with Crippen LogP contribution < -0.4 is 0 Å². The van der Waals surface area contributed by atoms with Gasteiger partial charge in [0.15, 0.2) is 0 Å². The molecule has 1 aromatic rings. The van der Waals surface area contributed by atoms with Crippen molar-refractivity contribution >= 4 is 0 Å². The quantitative estimate of drug-likeness (QED) is 0.442. The van der Waals surface area contributed by atoms with E-state index in [1.54, 1.807) is 6.92 Å². The van der Waals surface area contributed by atoms with Crippen LogP contribution in [-0.4, -0.2) is 17.3 Å². The van der Waals surface area contributed by atoms with Crippen molar-refractivity contribution in [3.63, 3.8) is 0 Å². The van der Waals surface area contributed by atoms with E-state index < -0.39 is 6.10 Å². The van der Waals surface area contributed by atoms with Crippen molar-refractivity contribution in [3.8, 4) is 0 Å². The van der Waals surface area contributed by atoms with E-state index in [9.17, 15) is 5.11 Å². The maximum atomic E-state index is 9.34. The van der Waals surface area contributed by atoms with Gasteiger partial charge in [-0.3, -0.25) is 0 Å². The summed E-state index contributed by atoms with van der Waals surface area (Å²) in [5.41, 5.74) is 9.37. The van der Waals surface area contributed by atoms with E-state index in [-0.39, 0.29) is 6.04 Å². The molecule has 14 heavy (non-hydrogen) atoms. The van der Waals surface area contributed by atoms with Crippen LogP contribution in [0.1, 0.15) is 12.5 Å². The van der Waals surface area contributed by atoms with Crippen LogP contribution in [-0.2, 0) is 6.42 Å². The minimum Gasteiger partial charge on any atom is -0.393 e. The highest BCUT2D eigenvalue weighted by atomic mass is 16.3. The minimum absolute atomic E-state index is 0.387. The molecule has 0 radical (unpaired) electrons. The molecule has 0 bridgehead atoms. The summed E-state index contributed by atoms with van der Waals surface area (Å²) in [5, 5.41) is 12.9. The standard InChI is InChI=1S/C10H13N3O/c1-8(14)10(12-13-11)7-9-5-3-2-4-6-9/h2-6,8,10,14H,7H2,1H3/t8-,10-/m0/s1. The van der Waals surface area contributed by atoms with Gasteiger partial charge in [0, 0.05) is 4.91 Å². The molecule has 1 rings (SSSR count). The second kappa shape index (κ2) is 5.27. The van der Waals surface area contributed by atoms with E-state index in [0.29, 0.717) is 6.42 Å². The molecule has 0 saturated heterocycles. The van der Waals surface area contributed by atoms with Gasteiger partial charge in [-0.2, -0.15) is 0 Å². The number of rotatable bonds is 4. The van der Waals surface area contributed by atoms with E-state index in [0.717, 1.165) is 5.56 Å². The molecule has 2 atom stereocenters. The molecule has 0 aromatic heterocycles. The molecule has 0 aliphatic rings. The molecule has 0 unspecified atom stereocenters. The topological polar surface area (TPSA) is 69.0 Å². The maximum absolute atomic E-state index is 9.34. The van der Waals surface area contributed by atoms with Gasteiger partial charge in [-0.25, -0.2) is 0 Å². The second-order valence-electron chi connectivity index (χ2n) is 3.20. The van der Waals surface area contributed by atoms with Crippen molar-refractivity contribution in [1.29, 1.82) is 0 Å². The zero-order valence-corrected chi connectivity index (χ0v) is 8.04. The third-order valence-corrected chi connectivity index (χ3v) is 2.04. The van der Waals surface area contributed by atoms with Crippen molar-refractivity contribution in [2.75, 3.05) is 0 Å². The fourth-order valence-corrected chi connectivity index (χ4v) is 1.23. The van der Waals surface area contributed by atoms with Crippen LogP contribution in [0.4, 0.5) is 0 Å². The monoisotopic (exact) mass is 191 g/mol. The number of hydrogen-bond donors (Lipinski definition) is 1. The molecule has 0 aliphatic carbocycles. The van der Waals surface area contributed by atoms with Crippen molar-refractivity contribution in [2.24, 2.45) is 5.11 Å². The van der Waals surface area contributed by atoms with Crippen molar-refractivity contribution in [1.82, 2.24) is 0 Å². The Morgan fingerprint density at radius 2 is 2.07 bits per heavy atom. The Hall–Kier alpha value is -1.51. The van der Waals surface area contributed by atoms with Gasteiger partial charge in [0.1, 0.15) is 0 Å².